The van der Waals surface area contributed by atoms with Gasteiger partial charge in [0.1, 0.15) is 11.2 Å². The van der Waals surface area contributed by atoms with Crippen LogP contribution in [0, 0.1) is 11.8 Å². The Morgan fingerprint density at radius 2 is 1.29 bits per heavy atom. The van der Waals surface area contributed by atoms with Crippen LogP contribution < -0.4 is 4.90 Å². The molecule has 2 heteroatoms. The highest BCUT2D eigenvalue weighted by Crippen LogP contribution is 2.58. The lowest BCUT2D eigenvalue weighted by Gasteiger charge is -2.35. The third kappa shape index (κ3) is 5.44. The lowest BCUT2D eigenvalue weighted by atomic mass is 9.68. The average Bonchev–Trinajstić information content (AvgIpc) is 3.65. The highest BCUT2D eigenvalue weighted by atomic mass is 16.3. The molecule has 2 atom stereocenters. The van der Waals surface area contributed by atoms with Crippen molar-refractivity contribution in [1.82, 2.24) is 0 Å². The van der Waals surface area contributed by atoms with Crippen LogP contribution in [0.2, 0.25) is 0 Å². The van der Waals surface area contributed by atoms with Crippen molar-refractivity contribution >= 4 is 39.0 Å². The summed E-state index contributed by atoms with van der Waals surface area (Å²) in [7, 11) is 0. The van der Waals surface area contributed by atoms with Gasteiger partial charge >= 0.3 is 0 Å². The predicted molar refractivity (Wildman–Crippen MR) is 208 cm³/mol. The molecule has 0 amide bonds. The summed E-state index contributed by atoms with van der Waals surface area (Å²) in [5.41, 5.74) is 13.4. The van der Waals surface area contributed by atoms with E-state index in [1.807, 2.05) is 6.07 Å². The van der Waals surface area contributed by atoms with Crippen LogP contribution in [0.25, 0.3) is 44.2 Å². The Labute approximate surface area is 291 Å². The summed E-state index contributed by atoms with van der Waals surface area (Å²) in [6, 6.07) is 51.1. The molecular formula is C47H45NO. The Morgan fingerprint density at radius 1 is 0.612 bits per heavy atom. The highest BCUT2D eigenvalue weighted by molar-refractivity contribution is 6.07. The maximum Gasteiger partial charge on any atom is 0.135 e. The SMILES string of the molecule is CCC(C)CCC1(CC(C)C)c2ccccc2-c2c(N(c3ccc(-c4ccccc4)cc3)c3ccc4oc5ccccc5c4c3)cccc21. The Balaban J connectivity index is 1.36. The Hall–Kier alpha value is -5.08. The summed E-state index contributed by atoms with van der Waals surface area (Å²) in [5.74, 6) is 1.26. The molecule has 0 saturated carbocycles. The van der Waals surface area contributed by atoms with Crippen LogP contribution in [-0.2, 0) is 5.41 Å². The van der Waals surface area contributed by atoms with Gasteiger partial charge in [-0.3, -0.25) is 0 Å². The van der Waals surface area contributed by atoms with Crippen molar-refractivity contribution in [3.63, 3.8) is 0 Å². The number of hydrogen-bond donors (Lipinski definition) is 0. The van der Waals surface area contributed by atoms with E-state index in [9.17, 15) is 0 Å². The molecule has 1 aliphatic rings. The van der Waals surface area contributed by atoms with Crippen molar-refractivity contribution in [3.8, 4) is 22.3 Å². The molecule has 1 aromatic heterocycles. The molecule has 0 spiro atoms. The minimum atomic E-state index is -0.0207. The second kappa shape index (κ2) is 12.7. The van der Waals surface area contributed by atoms with Gasteiger partial charge in [-0.1, -0.05) is 131 Å². The van der Waals surface area contributed by atoms with Gasteiger partial charge < -0.3 is 9.32 Å². The second-order valence-corrected chi connectivity index (χ2v) is 14.5. The number of para-hydroxylation sites is 1. The number of fused-ring (bicyclic) bond motifs is 6. The van der Waals surface area contributed by atoms with E-state index >= 15 is 0 Å². The van der Waals surface area contributed by atoms with E-state index in [4.69, 9.17) is 4.42 Å². The molecule has 0 N–H and O–H groups in total. The maximum absolute atomic E-state index is 6.28. The fourth-order valence-electron chi connectivity index (χ4n) is 8.37. The van der Waals surface area contributed by atoms with Crippen molar-refractivity contribution in [1.29, 1.82) is 0 Å². The predicted octanol–water partition coefficient (Wildman–Crippen LogP) is 13.9. The van der Waals surface area contributed by atoms with Crippen molar-refractivity contribution in [3.05, 3.63) is 151 Å². The zero-order valence-corrected chi connectivity index (χ0v) is 29.1. The second-order valence-electron chi connectivity index (χ2n) is 14.5. The summed E-state index contributed by atoms with van der Waals surface area (Å²) in [6.45, 7) is 9.52. The molecule has 1 aliphatic carbocycles. The molecule has 0 radical (unpaired) electrons. The third-order valence-corrected chi connectivity index (χ3v) is 10.9. The Bertz CT molecular complexity index is 2240. The lowest BCUT2D eigenvalue weighted by molar-refractivity contribution is 0.341. The van der Waals surface area contributed by atoms with Gasteiger partial charge in [-0.05, 0) is 101 Å². The van der Waals surface area contributed by atoms with Crippen LogP contribution >= 0.6 is 0 Å². The molecule has 2 nitrogen and oxygen atoms in total. The first-order valence-electron chi connectivity index (χ1n) is 18.1. The monoisotopic (exact) mass is 639 g/mol. The summed E-state index contributed by atoms with van der Waals surface area (Å²) in [4.78, 5) is 2.48. The topological polar surface area (TPSA) is 16.4 Å². The van der Waals surface area contributed by atoms with Crippen LogP contribution in [0.4, 0.5) is 17.1 Å². The van der Waals surface area contributed by atoms with Crippen molar-refractivity contribution in [2.24, 2.45) is 11.8 Å². The van der Waals surface area contributed by atoms with Gasteiger partial charge in [-0.2, -0.15) is 0 Å². The van der Waals surface area contributed by atoms with Gasteiger partial charge in [-0.15, -0.1) is 0 Å². The number of benzene rings is 6. The van der Waals surface area contributed by atoms with E-state index in [0.717, 1.165) is 46.2 Å². The van der Waals surface area contributed by atoms with Gasteiger partial charge in [0.15, 0.2) is 0 Å². The first kappa shape index (κ1) is 31.2. The van der Waals surface area contributed by atoms with Crippen LogP contribution in [0.3, 0.4) is 0 Å². The van der Waals surface area contributed by atoms with Crippen LogP contribution in [0.15, 0.2) is 144 Å². The van der Waals surface area contributed by atoms with Gasteiger partial charge in [0, 0.05) is 33.1 Å². The third-order valence-electron chi connectivity index (χ3n) is 10.9. The quantitative estimate of drug-likeness (QED) is 0.148. The van der Waals surface area contributed by atoms with E-state index in [2.05, 4.69) is 166 Å². The molecule has 7 aromatic rings. The lowest BCUT2D eigenvalue weighted by Crippen LogP contribution is -2.28. The zero-order valence-electron chi connectivity index (χ0n) is 29.1. The summed E-state index contributed by atoms with van der Waals surface area (Å²) in [6.07, 6.45) is 4.72. The minimum Gasteiger partial charge on any atom is -0.456 e. The largest absolute Gasteiger partial charge is 0.456 e. The summed E-state index contributed by atoms with van der Waals surface area (Å²) < 4.78 is 6.28. The maximum atomic E-state index is 6.28. The molecular weight excluding hydrogens is 595 g/mol. The molecule has 0 bridgehead atoms. The standard InChI is InChI=1S/C47H45NO/c1-5-33(4)28-29-47(31-32(2)3)41-18-11-9-17-39(41)46-42(47)19-13-20-43(46)48(36-24-22-35(23-25-36)34-14-7-6-8-15-34)37-26-27-45-40(30-37)38-16-10-12-21-44(38)49-45/h6-27,30,32-33H,5,28-29,31H2,1-4H3. The number of hydrogen-bond acceptors (Lipinski definition) is 2. The molecule has 0 fully saturated rings. The molecule has 2 unspecified atom stereocenters. The normalized spacial score (nSPS) is 15.9. The molecule has 6 aromatic carbocycles. The molecule has 244 valence electrons. The number of furan rings is 1. The van der Waals surface area contributed by atoms with Gasteiger partial charge in [0.2, 0.25) is 0 Å². The van der Waals surface area contributed by atoms with E-state index in [1.54, 1.807) is 0 Å². The molecule has 0 saturated heterocycles. The molecule has 0 aliphatic heterocycles. The average molecular weight is 640 g/mol. The van der Waals surface area contributed by atoms with E-state index in [-0.39, 0.29) is 5.41 Å². The molecule has 49 heavy (non-hydrogen) atoms. The van der Waals surface area contributed by atoms with E-state index in [1.165, 1.54) is 51.9 Å². The first-order chi connectivity index (χ1) is 24.0. The van der Waals surface area contributed by atoms with Crippen LogP contribution in [0.1, 0.15) is 64.5 Å². The zero-order chi connectivity index (χ0) is 33.5. The first-order valence-corrected chi connectivity index (χ1v) is 18.1. The summed E-state index contributed by atoms with van der Waals surface area (Å²) in [5, 5.41) is 2.28. The van der Waals surface area contributed by atoms with Gasteiger partial charge in [-0.25, -0.2) is 0 Å². The highest BCUT2D eigenvalue weighted by Gasteiger charge is 2.44. The van der Waals surface area contributed by atoms with Gasteiger partial charge in [0.25, 0.3) is 0 Å². The van der Waals surface area contributed by atoms with Crippen molar-refractivity contribution in [2.45, 2.75) is 58.8 Å². The molecule has 8 rings (SSSR count). The number of nitrogens with zero attached hydrogens (tertiary/aromatic N) is 1. The van der Waals surface area contributed by atoms with E-state index in [0.29, 0.717) is 11.8 Å². The number of anilines is 3. The fraction of sp³-hybridized carbons (Fsp3) is 0.234. The van der Waals surface area contributed by atoms with E-state index < -0.39 is 0 Å². The van der Waals surface area contributed by atoms with Gasteiger partial charge in [0.05, 0.1) is 5.69 Å². The van der Waals surface area contributed by atoms with Crippen LogP contribution in [-0.4, -0.2) is 0 Å². The Morgan fingerprint density at radius 3 is 2.08 bits per heavy atom. The summed E-state index contributed by atoms with van der Waals surface area (Å²) >= 11 is 0. The van der Waals surface area contributed by atoms with Crippen molar-refractivity contribution in [2.75, 3.05) is 4.90 Å². The Kier molecular flexibility index (Phi) is 8.12. The fourth-order valence-corrected chi connectivity index (χ4v) is 8.37. The molecule has 1 heterocycles. The smallest absolute Gasteiger partial charge is 0.135 e. The van der Waals surface area contributed by atoms with Crippen LogP contribution in [0.5, 0.6) is 0 Å². The number of rotatable bonds is 10. The minimum absolute atomic E-state index is 0.0207. The van der Waals surface area contributed by atoms with Crippen molar-refractivity contribution < 1.29 is 4.42 Å².